The number of amides is 2. The predicted octanol–water partition coefficient (Wildman–Crippen LogP) is 5.77. The van der Waals surface area contributed by atoms with Gasteiger partial charge in [-0.25, -0.2) is 0 Å². The van der Waals surface area contributed by atoms with Gasteiger partial charge in [-0.15, -0.1) is 0 Å². The van der Waals surface area contributed by atoms with Gasteiger partial charge in [0.15, 0.2) is 0 Å². The summed E-state index contributed by atoms with van der Waals surface area (Å²) >= 11 is 12.0. The standard InChI is InChI=1S/C26H25Cl2N3O2/c1-2-18-3-5-19(6-4-18)26(33)31-15-13-30(14-16-31)22-10-8-21(9-11-22)29-25(32)23-12-7-20(27)17-24(23)28/h3-12,17H,2,13-16H2,1H3,(H,29,32). The van der Waals surface area contributed by atoms with Crippen molar-refractivity contribution in [2.24, 2.45) is 0 Å². The largest absolute Gasteiger partial charge is 0.368 e. The number of aryl methyl sites for hydroxylation is 1. The van der Waals surface area contributed by atoms with E-state index in [0.717, 1.165) is 30.8 Å². The number of piperazine rings is 1. The Kier molecular flexibility index (Phi) is 7.21. The third-order valence-electron chi connectivity index (χ3n) is 5.84. The molecule has 0 spiro atoms. The summed E-state index contributed by atoms with van der Waals surface area (Å²) in [7, 11) is 0. The van der Waals surface area contributed by atoms with Crippen LogP contribution in [0.1, 0.15) is 33.2 Å². The molecule has 0 atom stereocenters. The summed E-state index contributed by atoms with van der Waals surface area (Å²) in [6, 6.07) is 20.3. The van der Waals surface area contributed by atoms with Crippen LogP contribution in [0.4, 0.5) is 11.4 Å². The number of hydrogen-bond acceptors (Lipinski definition) is 3. The quantitative estimate of drug-likeness (QED) is 0.503. The topological polar surface area (TPSA) is 52.7 Å². The van der Waals surface area contributed by atoms with Crippen molar-refractivity contribution >= 4 is 46.4 Å². The SMILES string of the molecule is CCc1ccc(C(=O)N2CCN(c3ccc(NC(=O)c4ccc(Cl)cc4Cl)cc3)CC2)cc1. The van der Waals surface area contributed by atoms with E-state index in [1.165, 1.54) is 5.56 Å². The number of hydrogen-bond donors (Lipinski definition) is 1. The van der Waals surface area contributed by atoms with Crippen LogP contribution >= 0.6 is 23.2 Å². The van der Waals surface area contributed by atoms with Gasteiger partial charge in [-0.2, -0.15) is 0 Å². The van der Waals surface area contributed by atoms with Crippen molar-refractivity contribution in [3.05, 3.63) is 93.5 Å². The molecule has 1 aliphatic heterocycles. The van der Waals surface area contributed by atoms with E-state index in [4.69, 9.17) is 23.2 Å². The van der Waals surface area contributed by atoms with Gasteiger partial charge in [-0.3, -0.25) is 9.59 Å². The van der Waals surface area contributed by atoms with Crippen LogP contribution in [0.5, 0.6) is 0 Å². The Hall–Kier alpha value is -3.02. The van der Waals surface area contributed by atoms with Crippen molar-refractivity contribution in [3.63, 3.8) is 0 Å². The van der Waals surface area contributed by atoms with Crippen molar-refractivity contribution in [3.8, 4) is 0 Å². The van der Waals surface area contributed by atoms with Gasteiger partial charge in [-0.1, -0.05) is 42.3 Å². The van der Waals surface area contributed by atoms with Gasteiger partial charge in [-0.05, 0) is 66.6 Å². The number of nitrogens with zero attached hydrogens (tertiary/aromatic N) is 2. The molecule has 1 saturated heterocycles. The summed E-state index contributed by atoms with van der Waals surface area (Å²) in [5, 5.41) is 3.65. The lowest BCUT2D eigenvalue weighted by Gasteiger charge is -2.36. The summed E-state index contributed by atoms with van der Waals surface area (Å²) in [5.74, 6) is -0.209. The number of carbonyl (C=O) groups excluding carboxylic acids is 2. The van der Waals surface area contributed by atoms with Gasteiger partial charge < -0.3 is 15.1 Å². The van der Waals surface area contributed by atoms with E-state index in [-0.39, 0.29) is 11.8 Å². The maximum Gasteiger partial charge on any atom is 0.257 e. The fourth-order valence-corrected chi connectivity index (χ4v) is 4.36. The highest BCUT2D eigenvalue weighted by atomic mass is 35.5. The Balaban J connectivity index is 1.33. The summed E-state index contributed by atoms with van der Waals surface area (Å²) in [4.78, 5) is 29.4. The fraction of sp³-hybridized carbons (Fsp3) is 0.231. The number of nitrogens with one attached hydrogen (secondary N) is 1. The molecule has 0 aromatic heterocycles. The molecule has 0 radical (unpaired) electrons. The van der Waals surface area contributed by atoms with E-state index in [0.29, 0.717) is 34.4 Å². The predicted molar refractivity (Wildman–Crippen MR) is 135 cm³/mol. The molecule has 0 bridgehead atoms. The molecule has 5 nitrogen and oxygen atoms in total. The van der Waals surface area contributed by atoms with Crippen LogP contribution in [-0.2, 0) is 6.42 Å². The van der Waals surface area contributed by atoms with Gasteiger partial charge in [0.05, 0.1) is 10.6 Å². The lowest BCUT2D eigenvalue weighted by Crippen LogP contribution is -2.48. The highest BCUT2D eigenvalue weighted by Crippen LogP contribution is 2.24. The van der Waals surface area contributed by atoms with Crippen LogP contribution in [0.25, 0.3) is 0 Å². The lowest BCUT2D eigenvalue weighted by molar-refractivity contribution is 0.0746. The van der Waals surface area contributed by atoms with Gasteiger partial charge in [0.2, 0.25) is 0 Å². The Morgan fingerprint density at radius 3 is 2.15 bits per heavy atom. The van der Waals surface area contributed by atoms with Crippen LogP contribution in [-0.4, -0.2) is 42.9 Å². The van der Waals surface area contributed by atoms with Crippen LogP contribution in [0.3, 0.4) is 0 Å². The molecule has 0 aliphatic carbocycles. The molecule has 1 N–H and O–H groups in total. The highest BCUT2D eigenvalue weighted by Gasteiger charge is 2.22. The van der Waals surface area contributed by atoms with Crippen LogP contribution in [0.15, 0.2) is 66.7 Å². The Labute approximate surface area is 203 Å². The first kappa shape index (κ1) is 23.1. The number of halogens is 2. The zero-order valence-electron chi connectivity index (χ0n) is 18.4. The molecule has 0 unspecified atom stereocenters. The maximum atomic E-state index is 12.8. The monoisotopic (exact) mass is 481 g/mol. The van der Waals surface area contributed by atoms with E-state index in [1.807, 2.05) is 53.4 Å². The highest BCUT2D eigenvalue weighted by molar-refractivity contribution is 6.37. The third-order valence-corrected chi connectivity index (χ3v) is 6.39. The van der Waals surface area contributed by atoms with E-state index < -0.39 is 0 Å². The number of benzene rings is 3. The molecule has 1 heterocycles. The zero-order chi connectivity index (χ0) is 23.4. The molecular formula is C26H25Cl2N3O2. The van der Waals surface area contributed by atoms with Gasteiger partial charge in [0.1, 0.15) is 0 Å². The number of rotatable bonds is 5. The summed E-state index contributed by atoms with van der Waals surface area (Å²) in [5.41, 5.74) is 4.07. The molecule has 2 amide bonds. The normalized spacial score (nSPS) is 13.7. The minimum Gasteiger partial charge on any atom is -0.368 e. The average molecular weight is 482 g/mol. The number of anilines is 2. The average Bonchev–Trinajstić information content (AvgIpc) is 2.84. The second kappa shape index (κ2) is 10.3. The van der Waals surface area contributed by atoms with Gasteiger partial charge >= 0.3 is 0 Å². The first-order chi connectivity index (χ1) is 15.9. The van der Waals surface area contributed by atoms with Crippen molar-refractivity contribution in [1.82, 2.24) is 4.90 Å². The molecule has 33 heavy (non-hydrogen) atoms. The Morgan fingerprint density at radius 1 is 0.879 bits per heavy atom. The molecule has 1 aliphatic rings. The minimum atomic E-state index is -0.288. The van der Waals surface area contributed by atoms with E-state index >= 15 is 0 Å². The first-order valence-corrected chi connectivity index (χ1v) is 11.7. The molecular weight excluding hydrogens is 457 g/mol. The zero-order valence-corrected chi connectivity index (χ0v) is 19.9. The summed E-state index contributed by atoms with van der Waals surface area (Å²) in [6.45, 7) is 4.95. The van der Waals surface area contributed by atoms with Crippen molar-refractivity contribution < 1.29 is 9.59 Å². The van der Waals surface area contributed by atoms with Crippen molar-refractivity contribution in [1.29, 1.82) is 0 Å². The summed E-state index contributed by atoms with van der Waals surface area (Å²) < 4.78 is 0. The van der Waals surface area contributed by atoms with Crippen molar-refractivity contribution in [2.45, 2.75) is 13.3 Å². The molecule has 1 fully saturated rings. The smallest absolute Gasteiger partial charge is 0.257 e. The molecule has 170 valence electrons. The molecule has 4 rings (SSSR count). The van der Waals surface area contributed by atoms with E-state index in [2.05, 4.69) is 17.1 Å². The third kappa shape index (κ3) is 5.49. The second-order valence-corrected chi connectivity index (χ2v) is 8.80. The first-order valence-electron chi connectivity index (χ1n) is 10.9. The maximum absolute atomic E-state index is 12.8. The number of carbonyl (C=O) groups is 2. The fourth-order valence-electron chi connectivity index (χ4n) is 3.86. The van der Waals surface area contributed by atoms with Gasteiger partial charge in [0.25, 0.3) is 11.8 Å². The van der Waals surface area contributed by atoms with E-state index in [1.54, 1.807) is 18.2 Å². The Bertz CT molecular complexity index is 1140. The van der Waals surface area contributed by atoms with Crippen LogP contribution in [0, 0.1) is 0 Å². The van der Waals surface area contributed by atoms with Crippen molar-refractivity contribution in [2.75, 3.05) is 36.4 Å². The minimum absolute atomic E-state index is 0.0798. The summed E-state index contributed by atoms with van der Waals surface area (Å²) in [6.07, 6.45) is 0.963. The van der Waals surface area contributed by atoms with Crippen LogP contribution in [0.2, 0.25) is 10.0 Å². The second-order valence-electron chi connectivity index (χ2n) is 7.95. The van der Waals surface area contributed by atoms with Crippen LogP contribution < -0.4 is 10.2 Å². The Morgan fingerprint density at radius 2 is 1.55 bits per heavy atom. The van der Waals surface area contributed by atoms with Gasteiger partial charge in [0, 0.05) is 48.1 Å². The molecule has 7 heteroatoms. The lowest BCUT2D eigenvalue weighted by atomic mass is 10.1. The molecule has 0 saturated carbocycles. The van der Waals surface area contributed by atoms with E-state index in [9.17, 15) is 9.59 Å². The molecule has 3 aromatic rings. The molecule has 3 aromatic carbocycles.